The second-order valence-electron chi connectivity index (χ2n) is 5.82. The molecular formula is C12H23N. The Morgan fingerprint density at radius 3 is 2.15 bits per heavy atom. The molecule has 0 aromatic heterocycles. The van der Waals surface area contributed by atoms with Gasteiger partial charge in [0.25, 0.3) is 0 Å². The van der Waals surface area contributed by atoms with Crippen LogP contribution in [-0.4, -0.2) is 6.54 Å². The molecule has 2 N–H and O–H groups in total. The summed E-state index contributed by atoms with van der Waals surface area (Å²) in [5, 5.41) is 0. The maximum atomic E-state index is 5.87. The van der Waals surface area contributed by atoms with Crippen LogP contribution < -0.4 is 5.73 Å². The van der Waals surface area contributed by atoms with Crippen LogP contribution in [0.15, 0.2) is 0 Å². The molecule has 2 bridgehead atoms. The number of fused-ring (bicyclic) bond motifs is 3. The highest BCUT2D eigenvalue weighted by Crippen LogP contribution is 2.51. The van der Waals surface area contributed by atoms with Crippen molar-refractivity contribution in [3.05, 3.63) is 0 Å². The maximum absolute atomic E-state index is 5.87. The minimum absolute atomic E-state index is 0.393. The SMILES string of the molecule is CC(C)(CN)C1CC2CCC1CC2. The van der Waals surface area contributed by atoms with E-state index in [-0.39, 0.29) is 0 Å². The van der Waals surface area contributed by atoms with Gasteiger partial charge in [0.1, 0.15) is 0 Å². The third-order valence-corrected chi connectivity index (χ3v) is 4.58. The standard InChI is InChI=1S/C12H23N/c1-12(2,8-13)11-7-9-3-5-10(11)6-4-9/h9-11H,3-8,13H2,1-2H3. The van der Waals surface area contributed by atoms with Gasteiger partial charge in [0.2, 0.25) is 0 Å². The summed E-state index contributed by atoms with van der Waals surface area (Å²) in [6, 6.07) is 0. The predicted octanol–water partition coefficient (Wildman–Crippen LogP) is 2.80. The molecule has 0 aliphatic heterocycles. The van der Waals surface area contributed by atoms with Crippen LogP contribution in [0.5, 0.6) is 0 Å². The number of rotatable bonds is 2. The first-order chi connectivity index (χ1) is 6.13. The highest BCUT2D eigenvalue weighted by molar-refractivity contribution is 4.93. The van der Waals surface area contributed by atoms with Crippen molar-refractivity contribution in [3.8, 4) is 0 Å². The topological polar surface area (TPSA) is 26.0 Å². The lowest BCUT2D eigenvalue weighted by Crippen LogP contribution is -2.43. The van der Waals surface area contributed by atoms with Gasteiger partial charge >= 0.3 is 0 Å². The fraction of sp³-hybridized carbons (Fsp3) is 1.00. The lowest BCUT2D eigenvalue weighted by molar-refractivity contribution is 0.0200. The Hall–Kier alpha value is -0.0400. The Balaban J connectivity index is 2.08. The van der Waals surface area contributed by atoms with Gasteiger partial charge in [0, 0.05) is 0 Å². The van der Waals surface area contributed by atoms with Crippen molar-refractivity contribution in [2.75, 3.05) is 6.54 Å². The molecule has 0 heterocycles. The molecule has 1 nitrogen and oxygen atoms in total. The molecule has 0 aromatic carbocycles. The zero-order valence-corrected chi connectivity index (χ0v) is 9.05. The largest absolute Gasteiger partial charge is 0.330 e. The zero-order valence-electron chi connectivity index (χ0n) is 9.05. The van der Waals surface area contributed by atoms with Crippen molar-refractivity contribution in [1.82, 2.24) is 0 Å². The Kier molecular flexibility index (Phi) is 2.39. The van der Waals surface area contributed by atoms with E-state index in [4.69, 9.17) is 5.73 Å². The lowest BCUT2D eigenvalue weighted by atomic mass is 9.57. The molecule has 3 saturated carbocycles. The van der Waals surface area contributed by atoms with E-state index in [1.54, 1.807) is 0 Å². The summed E-state index contributed by atoms with van der Waals surface area (Å²) < 4.78 is 0. The minimum Gasteiger partial charge on any atom is -0.330 e. The summed E-state index contributed by atoms with van der Waals surface area (Å²) in [5.41, 5.74) is 6.26. The van der Waals surface area contributed by atoms with E-state index in [0.29, 0.717) is 5.41 Å². The molecule has 13 heavy (non-hydrogen) atoms. The molecule has 3 aliphatic rings. The van der Waals surface area contributed by atoms with Crippen molar-refractivity contribution in [2.45, 2.75) is 46.0 Å². The average Bonchev–Trinajstić information content (AvgIpc) is 2.19. The summed E-state index contributed by atoms with van der Waals surface area (Å²) in [4.78, 5) is 0. The highest BCUT2D eigenvalue weighted by Gasteiger charge is 2.42. The Morgan fingerprint density at radius 1 is 1.15 bits per heavy atom. The summed E-state index contributed by atoms with van der Waals surface area (Å²) in [5.74, 6) is 2.97. The molecule has 3 aliphatic carbocycles. The van der Waals surface area contributed by atoms with Gasteiger partial charge < -0.3 is 5.73 Å². The van der Waals surface area contributed by atoms with E-state index < -0.39 is 0 Å². The molecule has 3 rings (SSSR count). The van der Waals surface area contributed by atoms with Gasteiger partial charge in [-0.1, -0.05) is 26.7 Å². The summed E-state index contributed by atoms with van der Waals surface area (Å²) in [6.07, 6.45) is 7.44. The van der Waals surface area contributed by atoms with Gasteiger partial charge in [-0.05, 0) is 49.0 Å². The minimum atomic E-state index is 0.393. The van der Waals surface area contributed by atoms with Crippen LogP contribution in [0.25, 0.3) is 0 Å². The molecule has 0 radical (unpaired) electrons. The maximum Gasteiger partial charge on any atom is -0.00231 e. The van der Waals surface area contributed by atoms with Crippen molar-refractivity contribution in [1.29, 1.82) is 0 Å². The van der Waals surface area contributed by atoms with Gasteiger partial charge in [0.15, 0.2) is 0 Å². The summed E-state index contributed by atoms with van der Waals surface area (Å²) in [7, 11) is 0. The Bertz CT molecular complexity index is 178. The summed E-state index contributed by atoms with van der Waals surface area (Å²) >= 11 is 0. The van der Waals surface area contributed by atoms with E-state index in [2.05, 4.69) is 13.8 Å². The molecule has 3 fully saturated rings. The quantitative estimate of drug-likeness (QED) is 0.696. The van der Waals surface area contributed by atoms with E-state index in [1.165, 1.54) is 32.1 Å². The third-order valence-electron chi connectivity index (χ3n) is 4.58. The van der Waals surface area contributed by atoms with Crippen LogP contribution in [0.2, 0.25) is 0 Å². The molecular weight excluding hydrogens is 158 g/mol. The normalized spacial score (nSPS) is 39.5. The van der Waals surface area contributed by atoms with Gasteiger partial charge in [-0.25, -0.2) is 0 Å². The molecule has 1 atom stereocenters. The lowest BCUT2D eigenvalue weighted by Gasteiger charge is -2.49. The first-order valence-corrected chi connectivity index (χ1v) is 5.83. The smallest absolute Gasteiger partial charge is 0.00231 e. The Morgan fingerprint density at radius 2 is 1.77 bits per heavy atom. The fourth-order valence-electron chi connectivity index (χ4n) is 3.49. The van der Waals surface area contributed by atoms with E-state index in [9.17, 15) is 0 Å². The number of nitrogens with two attached hydrogens (primary N) is 1. The molecule has 76 valence electrons. The first kappa shape index (κ1) is 9.51. The van der Waals surface area contributed by atoms with Crippen molar-refractivity contribution >= 4 is 0 Å². The molecule has 0 saturated heterocycles. The van der Waals surface area contributed by atoms with Gasteiger partial charge in [0.05, 0.1) is 0 Å². The average molecular weight is 181 g/mol. The zero-order chi connectivity index (χ0) is 9.47. The molecule has 0 spiro atoms. The van der Waals surface area contributed by atoms with Crippen LogP contribution in [0, 0.1) is 23.2 Å². The summed E-state index contributed by atoms with van der Waals surface area (Å²) in [6.45, 7) is 5.58. The highest BCUT2D eigenvalue weighted by atomic mass is 14.6. The van der Waals surface area contributed by atoms with E-state index in [1.807, 2.05) is 0 Å². The van der Waals surface area contributed by atoms with Crippen molar-refractivity contribution in [3.63, 3.8) is 0 Å². The molecule has 1 heteroatoms. The predicted molar refractivity (Wildman–Crippen MR) is 56.4 cm³/mol. The van der Waals surface area contributed by atoms with Crippen LogP contribution in [0.1, 0.15) is 46.0 Å². The second-order valence-corrected chi connectivity index (χ2v) is 5.82. The van der Waals surface area contributed by atoms with Crippen LogP contribution in [-0.2, 0) is 0 Å². The van der Waals surface area contributed by atoms with Gasteiger partial charge in [-0.15, -0.1) is 0 Å². The van der Waals surface area contributed by atoms with Crippen molar-refractivity contribution in [2.24, 2.45) is 28.9 Å². The number of hydrogen-bond donors (Lipinski definition) is 1. The second kappa shape index (κ2) is 3.27. The van der Waals surface area contributed by atoms with Crippen LogP contribution in [0.4, 0.5) is 0 Å². The van der Waals surface area contributed by atoms with Crippen molar-refractivity contribution < 1.29 is 0 Å². The van der Waals surface area contributed by atoms with Gasteiger partial charge in [-0.2, -0.15) is 0 Å². The molecule has 0 amide bonds. The van der Waals surface area contributed by atoms with E-state index in [0.717, 1.165) is 24.3 Å². The van der Waals surface area contributed by atoms with E-state index >= 15 is 0 Å². The van der Waals surface area contributed by atoms with Crippen LogP contribution >= 0.6 is 0 Å². The Labute approximate surface area is 82.1 Å². The third kappa shape index (κ3) is 1.63. The van der Waals surface area contributed by atoms with Crippen LogP contribution in [0.3, 0.4) is 0 Å². The van der Waals surface area contributed by atoms with Gasteiger partial charge in [-0.3, -0.25) is 0 Å². The first-order valence-electron chi connectivity index (χ1n) is 5.83. The fourth-order valence-corrected chi connectivity index (χ4v) is 3.49. The monoisotopic (exact) mass is 181 g/mol. The number of hydrogen-bond acceptors (Lipinski definition) is 1. The molecule has 1 unspecified atom stereocenters. The molecule has 0 aromatic rings.